The molecule has 0 amide bonds. The van der Waals surface area contributed by atoms with Crippen LogP contribution in [0.4, 0.5) is 13.2 Å². The maximum Gasteiger partial charge on any atom is 0.388 e. The van der Waals surface area contributed by atoms with Gasteiger partial charge in [0.15, 0.2) is 0 Å². The number of hydrogen-bond acceptors (Lipinski definition) is 2. The molecule has 0 saturated carbocycles. The van der Waals surface area contributed by atoms with Gasteiger partial charge in [-0.1, -0.05) is 30.3 Å². The van der Waals surface area contributed by atoms with Crippen LogP contribution in [0.25, 0.3) is 0 Å². The van der Waals surface area contributed by atoms with E-state index < -0.39 is 30.2 Å². The van der Waals surface area contributed by atoms with Crippen molar-refractivity contribution in [3.8, 4) is 0 Å². The van der Waals surface area contributed by atoms with Crippen LogP contribution in [-0.4, -0.2) is 30.4 Å². The highest BCUT2D eigenvalue weighted by atomic mass is 28.4. The Morgan fingerprint density at radius 3 is 2.30 bits per heavy atom. The van der Waals surface area contributed by atoms with Crippen LogP contribution in [-0.2, 0) is 8.54 Å². The molecule has 0 saturated heterocycles. The summed E-state index contributed by atoms with van der Waals surface area (Å²) in [5.74, 6) is 0. The number of hydrogen-bond donors (Lipinski definition) is 0. The molecule has 1 aromatic carbocycles. The normalized spacial score (nSPS) is 16.7. The molecule has 0 aliphatic heterocycles. The number of halogens is 3. The molecule has 2 nitrogen and oxygen atoms in total. The van der Waals surface area contributed by atoms with Crippen molar-refractivity contribution in [2.75, 3.05) is 6.61 Å². The van der Waals surface area contributed by atoms with Crippen molar-refractivity contribution in [3.05, 3.63) is 30.3 Å². The summed E-state index contributed by atoms with van der Waals surface area (Å²) in [4.78, 5) is 0. The molecular formula is C13H21F3O2Si2. The lowest BCUT2D eigenvalue weighted by atomic mass is 10.4. The monoisotopic (exact) mass is 322 g/mol. The quantitative estimate of drug-likeness (QED) is 0.717. The highest BCUT2D eigenvalue weighted by Crippen LogP contribution is 2.27. The van der Waals surface area contributed by atoms with Gasteiger partial charge in [0.25, 0.3) is 0 Å². The topological polar surface area (TPSA) is 18.5 Å². The second-order valence-corrected chi connectivity index (χ2v) is 10.8. The average Bonchev–Trinajstić information content (AvgIpc) is 2.37. The molecule has 0 aliphatic rings. The Balaban J connectivity index is 2.88. The van der Waals surface area contributed by atoms with Crippen LogP contribution in [0.3, 0.4) is 0 Å². The van der Waals surface area contributed by atoms with Gasteiger partial charge in [0.05, 0.1) is 0 Å². The standard InChI is InChI=1S/C13H21F3O2Si2/c1-4-17-19(2)18-20(3,11-10-13(14,15)16)12-8-6-5-7-9-12/h5-9,19H,4,10-11H2,1-3H3. The molecule has 20 heavy (non-hydrogen) atoms. The molecular weight excluding hydrogens is 301 g/mol. The Hall–Kier alpha value is -0.636. The molecule has 0 N–H and O–H groups in total. The fraction of sp³-hybridized carbons (Fsp3) is 0.538. The summed E-state index contributed by atoms with van der Waals surface area (Å²) < 4.78 is 49.1. The first-order chi connectivity index (χ1) is 9.27. The van der Waals surface area contributed by atoms with Gasteiger partial charge in [-0.25, -0.2) is 0 Å². The van der Waals surface area contributed by atoms with E-state index in [-0.39, 0.29) is 6.04 Å². The minimum Gasteiger partial charge on any atom is -0.434 e. The fourth-order valence-corrected chi connectivity index (χ4v) is 8.71. The Bertz CT molecular complexity index is 400. The van der Waals surface area contributed by atoms with Gasteiger partial charge < -0.3 is 8.54 Å². The number of benzene rings is 1. The van der Waals surface area contributed by atoms with Gasteiger partial charge in [-0.2, -0.15) is 13.2 Å². The molecule has 2 atom stereocenters. The van der Waals surface area contributed by atoms with Crippen molar-refractivity contribution < 1.29 is 21.7 Å². The third kappa shape index (κ3) is 5.78. The summed E-state index contributed by atoms with van der Waals surface area (Å²) in [5, 5.41) is 0.892. The predicted molar refractivity (Wildman–Crippen MR) is 78.9 cm³/mol. The van der Waals surface area contributed by atoms with E-state index in [1.165, 1.54) is 0 Å². The molecule has 0 fully saturated rings. The van der Waals surface area contributed by atoms with Gasteiger partial charge in [-0.3, -0.25) is 0 Å². The molecule has 0 heterocycles. The van der Waals surface area contributed by atoms with Gasteiger partial charge >= 0.3 is 15.5 Å². The van der Waals surface area contributed by atoms with E-state index in [4.69, 9.17) is 8.54 Å². The van der Waals surface area contributed by atoms with Crippen molar-refractivity contribution in [2.45, 2.75) is 38.7 Å². The van der Waals surface area contributed by atoms with Crippen LogP contribution in [0.5, 0.6) is 0 Å². The summed E-state index contributed by atoms with van der Waals surface area (Å²) in [7, 11) is -4.51. The van der Waals surface area contributed by atoms with E-state index in [1.807, 2.05) is 50.3 Å². The largest absolute Gasteiger partial charge is 0.434 e. The molecule has 0 radical (unpaired) electrons. The second kappa shape index (κ2) is 7.39. The SMILES string of the molecule is CCO[SiH](C)O[Si](C)(CCC(F)(F)F)c1ccccc1. The van der Waals surface area contributed by atoms with Crippen LogP contribution >= 0.6 is 0 Å². The maximum atomic E-state index is 12.5. The maximum absolute atomic E-state index is 12.5. The summed E-state index contributed by atoms with van der Waals surface area (Å²) in [6, 6.07) is 9.27. The van der Waals surface area contributed by atoms with Crippen molar-refractivity contribution >= 4 is 22.8 Å². The second-order valence-electron chi connectivity index (χ2n) is 4.85. The summed E-state index contributed by atoms with van der Waals surface area (Å²) in [6.45, 7) is 6.11. The van der Waals surface area contributed by atoms with Crippen LogP contribution in [0.1, 0.15) is 13.3 Å². The molecule has 0 aromatic heterocycles. The Morgan fingerprint density at radius 2 is 1.80 bits per heavy atom. The molecule has 1 rings (SSSR count). The van der Waals surface area contributed by atoms with Crippen LogP contribution in [0.15, 0.2) is 30.3 Å². The average molecular weight is 322 g/mol. The van der Waals surface area contributed by atoms with E-state index in [0.29, 0.717) is 6.61 Å². The molecule has 114 valence electrons. The van der Waals surface area contributed by atoms with E-state index in [2.05, 4.69) is 0 Å². The minimum atomic E-state index is -4.15. The van der Waals surface area contributed by atoms with Crippen LogP contribution < -0.4 is 5.19 Å². The fourth-order valence-electron chi connectivity index (χ4n) is 2.08. The number of rotatable bonds is 7. The number of alkyl halides is 3. The first-order valence-corrected chi connectivity index (χ1v) is 11.4. The Labute approximate surface area is 120 Å². The molecule has 2 unspecified atom stereocenters. The van der Waals surface area contributed by atoms with E-state index in [0.717, 1.165) is 5.19 Å². The summed E-state index contributed by atoms with van der Waals surface area (Å²) >= 11 is 0. The molecule has 0 bridgehead atoms. The van der Waals surface area contributed by atoms with Crippen molar-refractivity contribution in [1.29, 1.82) is 0 Å². The lowest BCUT2D eigenvalue weighted by molar-refractivity contribution is -0.131. The van der Waals surface area contributed by atoms with Crippen molar-refractivity contribution in [2.24, 2.45) is 0 Å². The third-order valence-corrected chi connectivity index (χ3v) is 10.1. The van der Waals surface area contributed by atoms with Gasteiger partial charge in [0, 0.05) is 13.0 Å². The first kappa shape index (κ1) is 17.4. The lowest BCUT2D eigenvalue weighted by Crippen LogP contribution is -2.52. The van der Waals surface area contributed by atoms with Gasteiger partial charge in [0.2, 0.25) is 8.32 Å². The van der Waals surface area contributed by atoms with Gasteiger partial charge in [0.1, 0.15) is 0 Å². The van der Waals surface area contributed by atoms with Crippen LogP contribution in [0, 0.1) is 0 Å². The predicted octanol–water partition coefficient (Wildman–Crippen LogP) is 3.32. The highest BCUT2D eigenvalue weighted by molar-refractivity contribution is 6.89. The first-order valence-electron chi connectivity index (χ1n) is 6.68. The van der Waals surface area contributed by atoms with E-state index in [9.17, 15) is 13.2 Å². The van der Waals surface area contributed by atoms with Gasteiger partial charge in [-0.05, 0) is 31.2 Å². The van der Waals surface area contributed by atoms with Crippen molar-refractivity contribution in [3.63, 3.8) is 0 Å². The Morgan fingerprint density at radius 1 is 1.20 bits per heavy atom. The Kier molecular flexibility index (Phi) is 6.44. The third-order valence-electron chi connectivity index (χ3n) is 3.10. The zero-order valence-electron chi connectivity index (χ0n) is 12.0. The van der Waals surface area contributed by atoms with Crippen LogP contribution in [0.2, 0.25) is 19.1 Å². The smallest absolute Gasteiger partial charge is 0.388 e. The zero-order chi connectivity index (χ0) is 15.2. The van der Waals surface area contributed by atoms with Crippen molar-refractivity contribution in [1.82, 2.24) is 0 Å². The molecule has 0 spiro atoms. The van der Waals surface area contributed by atoms with E-state index >= 15 is 0 Å². The summed E-state index contributed by atoms with van der Waals surface area (Å²) in [5.41, 5.74) is 0. The highest BCUT2D eigenvalue weighted by Gasteiger charge is 2.38. The lowest BCUT2D eigenvalue weighted by Gasteiger charge is -2.31. The summed E-state index contributed by atoms with van der Waals surface area (Å²) in [6.07, 6.45) is -4.96. The van der Waals surface area contributed by atoms with E-state index in [1.54, 1.807) is 0 Å². The zero-order valence-corrected chi connectivity index (χ0v) is 14.2. The van der Waals surface area contributed by atoms with Gasteiger partial charge in [-0.15, -0.1) is 0 Å². The molecule has 7 heteroatoms. The minimum absolute atomic E-state index is 0.0327. The molecule has 0 aliphatic carbocycles. The molecule has 1 aromatic rings.